The molecule has 0 amide bonds. The highest BCUT2D eigenvalue weighted by molar-refractivity contribution is 5.70. The fourth-order valence-electron chi connectivity index (χ4n) is 5.06. The summed E-state index contributed by atoms with van der Waals surface area (Å²) in [7, 11) is 0. The molecule has 1 atom stereocenters. The van der Waals surface area contributed by atoms with Gasteiger partial charge in [-0.2, -0.15) is 0 Å². The quantitative estimate of drug-likeness (QED) is 0.0487. The molecule has 0 saturated heterocycles. The predicted octanol–water partition coefficient (Wildman–Crippen LogP) is 10.6. The Morgan fingerprint density at radius 3 is 1.39 bits per heavy atom. The number of hydrogen-bond acceptors (Lipinski definition) is 5. The summed E-state index contributed by atoms with van der Waals surface area (Å²) in [6, 6.07) is 0. The molecule has 0 bridgehead atoms. The first-order valence-electron chi connectivity index (χ1n) is 17.7. The molecule has 0 rings (SSSR count). The molecular formula is C36H68O5. The topological polar surface area (TPSA) is 72.8 Å². The smallest absolute Gasteiger partial charge is 0.306 e. The molecular weight excluding hydrogens is 512 g/mol. The summed E-state index contributed by atoms with van der Waals surface area (Å²) in [4.78, 5) is 24.1. The lowest BCUT2D eigenvalue weighted by molar-refractivity contribution is -0.161. The molecule has 5 nitrogen and oxygen atoms in total. The lowest BCUT2D eigenvalue weighted by atomic mass is 10.0. The van der Waals surface area contributed by atoms with Crippen LogP contribution in [-0.2, 0) is 19.1 Å². The lowest BCUT2D eigenvalue weighted by Crippen LogP contribution is -2.28. The maximum atomic E-state index is 12.1. The lowest BCUT2D eigenvalue weighted by Gasteiger charge is -2.15. The van der Waals surface area contributed by atoms with Crippen LogP contribution in [0.1, 0.15) is 187 Å². The summed E-state index contributed by atoms with van der Waals surface area (Å²) in [6.45, 7) is 4.09. The van der Waals surface area contributed by atoms with Crippen molar-refractivity contribution < 1.29 is 24.2 Å². The van der Waals surface area contributed by atoms with E-state index in [-0.39, 0.29) is 25.2 Å². The molecule has 0 spiro atoms. The second kappa shape index (κ2) is 33.1. The van der Waals surface area contributed by atoms with Crippen molar-refractivity contribution in [1.29, 1.82) is 0 Å². The van der Waals surface area contributed by atoms with Crippen LogP contribution in [0.4, 0.5) is 0 Å². The zero-order chi connectivity index (χ0) is 30.1. The molecule has 0 aliphatic carbocycles. The third kappa shape index (κ3) is 31.4. The van der Waals surface area contributed by atoms with Crippen molar-refractivity contribution in [2.75, 3.05) is 13.2 Å². The molecule has 1 unspecified atom stereocenters. The van der Waals surface area contributed by atoms with E-state index in [0.29, 0.717) is 12.8 Å². The molecule has 0 aromatic rings. The van der Waals surface area contributed by atoms with Gasteiger partial charge in [0, 0.05) is 12.8 Å². The first kappa shape index (κ1) is 39.6. The molecule has 5 heteroatoms. The van der Waals surface area contributed by atoms with Gasteiger partial charge in [-0.05, 0) is 32.1 Å². The molecule has 0 heterocycles. The minimum atomic E-state index is -0.767. The van der Waals surface area contributed by atoms with E-state index >= 15 is 0 Å². The van der Waals surface area contributed by atoms with Gasteiger partial charge in [0.15, 0.2) is 6.10 Å². The van der Waals surface area contributed by atoms with E-state index in [1.165, 1.54) is 116 Å². The molecule has 0 fully saturated rings. The average Bonchev–Trinajstić information content (AvgIpc) is 2.97. The fraction of sp³-hybridized carbons (Fsp3) is 0.889. The van der Waals surface area contributed by atoms with E-state index in [4.69, 9.17) is 9.47 Å². The monoisotopic (exact) mass is 581 g/mol. The van der Waals surface area contributed by atoms with Crippen LogP contribution in [0, 0.1) is 0 Å². The number of rotatable bonds is 32. The second-order valence-corrected chi connectivity index (χ2v) is 12.0. The molecule has 0 radical (unpaired) electrons. The molecule has 0 saturated carbocycles. The Morgan fingerprint density at radius 2 is 0.927 bits per heavy atom. The van der Waals surface area contributed by atoms with Crippen molar-refractivity contribution in [2.24, 2.45) is 0 Å². The van der Waals surface area contributed by atoms with Crippen LogP contribution in [0.3, 0.4) is 0 Å². The standard InChI is InChI=1S/C36H68O5/c1-3-5-7-9-11-13-15-16-17-18-19-21-22-24-26-28-30-35(38)40-33-34(32-37)41-36(39)31-29-27-25-23-20-14-12-10-8-6-4-2/h10,12,34,37H,3-9,11,13-33H2,1-2H3/b12-10-. The predicted molar refractivity (Wildman–Crippen MR) is 173 cm³/mol. The maximum absolute atomic E-state index is 12.1. The fourth-order valence-corrected chi connectivity index (χ4v) is 5.06. The van der Waals surface area contributed by atoms with Gasteiger partial charge in [-0.15, -0.1) is 0 Å². The Labute approximate surface area is 254 Å². The number of esters is 2. The summed E-state index contributed by atoms with van der Waals surface area (Å²) < 4.78 is 10.6. The van der Waals surface area contributed by atoms with Crippen molar-refractivity contribution in [2.45, 2.75) is 193 Å². The highest BCUT2D eigenvalue weighted by Gasteiger charge is 2.16. The van der Waals surface area contributed by atoms with Crippen LogP contribution in [0.25, 0.3) is 0 Å². The van der Waals surface area contributed by atoms with Gasteiger partial charge in [0.25, 0.3) is 0 Å². The van der Waals surface area contributed by atoms with Crippen LogP contribution in [-0.4, -0.2) is 36.4 Å². The number of hydrogen-bond donors (Lipinski definition) is 1. The Balaban J connectivity index is 3.53. The van der Waals surface area contributed by atoms with Crippen LogP contribution < -0.4 is 0 Å². The van der Waals surface area contributed by atoms with Gasteiger partial charge in [0.1, 0.15) is 6.61 Å². The van der Waals surface area contributed by atoms with Crippen molar-refractivity contribution in [3.05, 3.63) is 12.2 Å². The van der Waals surface area contributed by atoms with Gasteiger partial charge in [0.2, 0.25) is 0 Å². The molecule has 0 aromatic carbocycles. The van der Waals surface area contributed by atoms with Crippen LogP contribution in [0.5, 0.6) is 0 Å². The van der Waals surface area contributed by atoms with Gasteiger partial charge in [-0.1, -0.05) is 154 Å². The summed E-state index contributed by atoms with van der Waals surface area (Å²) in [5, 5.41) is 9.50. The van der Waals surface area contributed by atoms with Crippen molar-refractivity contribution in [3.63, 3.8) is 0 Å². The molecule has 0 aliphatic heterocycles. The zero-order valence-electron chi connectivity index (χ0n) is 27.3. The summed E-state index contributed by atoms with van der Waals surface area (Å²) in [5.74, 6) is -0.596. The number of carbonyl (C=O) groups is 2. The van der Waals surface area contributed by atoms with Crippen LogP contribution >= 0.6 is 0 Å². The van der Waals surface area contributed by atoms with Gasteiger partial charge < -0.3 is 14.6 Å². The molecule has 41 heavy (non-hydrogen) atoms. The van der Waals surface area contributed by atoms with E-state index in [2.05, 4.69) is 26.0 Å². The van der Waals surface area contributed by atoms with Gasteiger partial charge in [-0.3, -0.25) is 9.59 Å². The van der Waals surface area contributed by atoms with Gasteiger partial charge >= 0.3 is 11.9 Å². The second-order valence-electron chi connectivity index (χ2n) is 12.0. The van der Waals surface area contributed by atoms with E-state index in [9.17, 15) is 14.7 Å². The van der Waals surface area contributed by atoms with E-state index in [1.54, 1.807) is 0 Å². The summed E-state index contributed by atoms with van der Waals surface area (Å²) >= 11 is 0. The molecule has 0 aromatic heterocycles. The van der Waals surface area contributed by atoms with Crippen molar-refractivity contribution in [1.82, 2.24) is 0 Å². The third-order valence-electron chi connectivity index (χ3n) is 7.81. The van der Waals surface area contributed by atoms with Crippen LogP contribution in [0.15, 0.2) is 12.2 Å². The Bertz CT molecular complexity index is 589. The highest BCUT2D eigenvalue weighted by atomic mass is 16.6. The van der Waals surface area contributed by atoms with E-state index < -0.39 is 6.10 Å². The average molecular weight is 581 g/mol. The minimum absolute atomic E-state index is 0.0638. The van der Waals surface area contributed by atoms with Gasteiger partial charge in [0.05, 0.1) is 6.61 Å². The SMILES string of the molecule is CCCC/C=C\CCCCCCCC(=O)OC(CO)COC(=O)CCCCCCCCCCCCCCCCCC. The highest BCUT2D eigenvalue weighted by Crippen LogP contribution is 2.14. The Hall–Kier alpha value is -1.36. The van der Waals surface area contributed by atoms with Gasteiger partial charge in [-0.25, -0.2) is 0 Å². The zero-order valence-corrected chi connectivity index (χ0v) is 27.3. The molecule has 1 N–H and O–H groups in total. The number of aliphatic hydroxyl groups is 1. The molecule has 242 valence electrons. The maximum Gasteiger partial charge on any atom is 0.306 e. The first-order chi connectivity index (χ1) is 20.1. The number of aliphatic hydroxyl groups excluding tert-OH is 1. The number of allylic oxidation sites excluding steroid dienone is 2. The summed E-state index contributed by atoms with van der Waals surface area (Å²) in [5.41, 5.74) is 0. The minimum Gasteiger partial charge on any atom is -0.462 e. The number of ether oxygens (including phenoxy) is 2. The normalized spacial score (nSPS) is 12.2. The molecule has 0 aliphatic rings. The van der Waals surface area contributed by atoms with Crippen molar-refractivity contribution >= 4 is 11.9 Å². The first-order valence-corrected chi connectivity index (χ1v) is 17.7. The van der Waals surface area contributed by atoms with Crippen molar-refractivity contribution in [3.8, 4) is 0 Å². The largest absolute Gasteiger partial charge is 0.462 e. The third-order valence-corrected chi connectivity index (χ3v) is 7.81. The Kier molecular flexibility index (Phi) is 32.0. The van der Waals surface area contributed by atoms with E-state index in [1.807, 2.05) is 0 Å². The Morgan fingerprint density at radius 1 is 0.537 bits per heavy atom. The van der Waals surface area contributed by atoms with Crippen LogP contribution in [0.2, 0.25) is 0 Å². The number of carbonyl (C=O) groups excluding carboxylic acids is 2. The summed E-state index contributed by atoms with van der Waals surface area (Å²) in [6.07, 6.45) is 35.5. The van der Waals surface area contributed by atoms with E-state index in [0.717, 1.165) is 44.9 Å². The number of unbranched alkanes of at least 4 members (excludes halogenated alkanes) is 22.